The van der Waals surface area contributed by atoms with Gasteiger partial charge in [0.2, 0.25) is 0 Å². The van der Waals surface area contributed by atoms with Crippen LogP contribution in [0.5, 0.6) is 0 Å². The Morgan fingerprint density at radius 3 is 2.06 bits per heavy atom. The third-order valence-corrected chi connectivity index (χ3v) is 5.39. The highest BCUT2D eigenvalue weighted by Gasteiger charge is 2.21. The number of benzene rings is 2. The first-order valence-electron chi connectivity index (χ1n) is 10.4. The Morgan fingerprint density at radius 2 is 1.39 bits per heavy atom. The smallest absolute Gasteiger partial charge is 0.159 e. The lowest BCUT2D eigenvalue weighted by molar-refractivity contribution is 0.278. The number of nitrogens with zero attached hydrogens (tertiary/aromatic N) is 4. The minimum absolute atomic E-state index is 0.119. The Balaban J connectivity index is 1.91. The van der Waals surface area contributed by atoms with E-state index in [4.69, 9.17) is 4.98 Å². The van der Waals surface area contributed by atoms with Gasteiger partial charge in [0.05, 0.1) is 11.9 Å². The van der Waals surface area contributed by atoms with Crippen LogP contribution in [0.2, 0.25) is 0 Å². The molecule has 5 rings (SSSR count). The molecule has 0 amide bonds. The predicted molar refractivity (Wildman–Crippen MR) is 123 cm³/mol. The van der Waals surface area contributed by atoms with Crippen molar-refractivity contribution >= 4 is 11.0 Å². The van der Waals surface area contributed by atoms with Crippen molar-refractivity contribution in [2.24, 2.45) is 0 Å². The van der Waals surface area contributed by atoms with Gasteiger partial charge >= 0.3 is 0 Å². The van der Waals surface area contributed by atoms with Crippen molar-refractivity contribution in [1.82, 2.24) is 19.7 Å². The van der Waals surface area contributed by atoms with Gasteiger partial charge in [-0.3, -0.25) is 4.98 Å². The fourth-order valence-electron chi connectivity index (χ4n) is 3.98. The fraction of sp³-hybridized carbons (Fsp3) is 0.115. The summed E-state index contributed by atoms with van der Waals surface area (Å²) in [5.74, 6) is 0. The minimum Gasteiger partial charge on any atom is -0.396 e. The van der Waals surface area contributed by atoms with Gasteiger partial charge < -0.3 is 5.11 Å². The first-order valence-corrected chi connectivity index (χ1v) is 10.4. The zero-order valence-electron chi connectivity index (χ0n) is 17.0. The normalized spacial score (nSPS) is 11.1. The summed E-state index contributed by atoms with van der Waals surface area (Å²) in [5, 5.41) is 14.9. The maximum Gasteiger partial charge on any atom is 0.159 e. The van der Waals surface area contributed by atoms with Crippen LogP contribution in [0.25, 0.3) is 44.5 Å². The lowest BCUT2D eigenvalue weighted by atomic mass is 9.90. The largest absolute Gasteiger partial charge is 0.396 e. The summed E-state index contributed by atoms with van der Waals surface area (Å²) in [5.41, 5.74) is 7.11. The Kier molecular flexibility index (Phi) is 5.25. The van der Waals surface area contributed by atoms with Gasteiger partial charge in [-0.25, -0.2) is 9.67 Å². The van der Waals surface area contributed by atoms with E-state index in [1.807, 2.05) is 59.7 Å². The molecule has 0 spiro atoms. The molecule has 5 aromatic rings. The molecular formula is C26H22N4O. The average molecular weight is 406 g/mol. The number of aliphatic hydroxyl groups is 1. The molecule has 0 atom stereocenters. The van der Waals surface area contributed by atoms with E-state index in [2.05, 4.69) is 46.5 Å². The van der Waals surface area contributed by atoms with E-state index >= 15 is 0 Å². The molecule has 0 aliphatic heterocycles. The summed E-state index contributed by atoms with van der Waals surface area (Å²) in [6.07, 6.45) is 6.15. The number of hydrogen-bond donors (Lipinski definition) is 1. The molecule has 152 valence electrons. The molecule has 0 unspecified atom stereocenters. The van der Waals surface area contributed by atoms with Crippen molar-refractivity contribution in [3.63, 3.8) is 0 Å². The Morgan fingerprint density at radius 1 is 0.742 bits per heavy atom. The second-order valence-electron chi connectivity index (χ2n) is 7.36. The molecule has 0 radical (unpaired) electrons. The molecule has 0 bridgehead atoms. The SMILES string of the molecule is OCCCn1ncc2c(-c3ccccc3)c(-c3ccncc3)c(-c3ccccc3)nc21. The summed E-state index contributed by atoms with van der Waals surface area (Å²) in [6, 6.07) is 24.7. The number of fused-ring (bicyclic) bond motifs is 1. The van der Waals surface area contributed by atoms with Crippen LogP contribution in [0.4, 0.5) is 0 Å². The molecule has 0 saturated carbocycles. The van der Waals surface area contributed by atoms with Gasteiger partial charge in [0.1, 0.15) is 0 Å². The van der Waals surface area contributed by atoms with Crippen LogP contribution < -0.4 is 0 Å². The van der Waals surface area contributed by atoms with Crippen LogP contribution in [0.1, 0.15) is 6.42 Å². The van der Waals surface area contributed by atoms with Gasteiger partial charge in [0.25, 0.3) is 0 Å². The molecule has 5 nitrogen and oxygen atoms in total. The number of aromatic nitrogens is 4. The third-order valence-electron chi connectivity index (χ3n) is 5.39. The zero-order chi connectivity index (χ0) is 21.0. The van der Waals surface area contributed by atoms with Crippen molar-refractivity contribution in [3.05, 3.63) is 91.4 Å². The monoisotopic (exact) mass is 406 g/mol. The van der Waals surface area contributed by atoms with Gasteiger partial charge in [-0.2, -0.15) is 5.10 Å². The van der Waals surface area contributed by atoms with Gasteiger partial charge in [0.15, 0.2) is 5.65 Å². The minimum atomic E-state index is 0.119. The number of hydrogen-bond acceptors (Lipinski definition) is 4. The van der Waals surface area contributed by atoms with Crippen LogP contribution in [0.3, 0.4) is 0 Å². The average Bonchev–Trinajstić information content (AvgIpc) is 3.25. The molecule has 3 aromatic heterocycles. The standard InChI is InChI=1S/C26H22N4O/c31-17-7-16-30-26-22(18-28-30)23(19-8-3-1-4-9-19)24(20-12-14-27-15-13-20)25(29-26)21-10-5-2-6-11-21/h1-6,8-15,18,31H,7,16-17H2. The van der Waals surface area contributed by atoms with Gasteiger partial charge in [-0.1, -0.05) is 60.7 Å². The molecule has 2 aromatic carbocycles. The Labute approximate surface area is 180 Å². The molecule has 0 aliphatic rings. The Hall–Kier alpha value is -3.83. The van der Waals surface area contributed by atoms with Crippen molar-refractivity contribution in [2.45, 2.75) is 13.0 Å². The first-order chi connectivity index (χ1) is 15.4. The maximum absolute atomic E-state index is 9.33. The highest BCUT2D eigenvalue weighted by molar-refractivity contribution is 6.06. The van der Waals surface area contributed by atoms with Crippen LogP contribution >= 0.6 is 0 Å². The molecule has 31 heavy (non-hydrogen) atoms. The second kappa shape index (κ2) is 8.50. The van der Waals surface area contributed by atoms with Crippen molar-refractivity contribution in [3.8, 4) is 33.5 Å². The molecule has 0 fully saturated rings. The molecular weight excluding hydrogens is 384 g/mol. The predicted octanol–water partition coefficient (Wildman–Crippen LogP) is 5.21. The lowest BCUT2D eigenvalue weighted by Gasteiger charge is -2.17. The van der Waals surface area contributed by atoms with Gasteiger partial charge in [-0.05, 0) is 29.7 Å². The van der Waals surface area contributed by atoms with E-state index in [1.165, 1.54) is 0 Å². The van der Waals surface area contributed by atoms with E-state index in [0.29, 0.717) is 13.0 Å². The lowest BCUT2D eigenvalue weighted by Crippen LogP contribution is -2.04. The molecule has 0 aliphatic carbocycles. The van der Waals surface area contributed by atoms with Gasteiger partial charge in [0, 0.05) is 47.6 Å². The summed E-state index contributed by atoms with van der Waals surface area (Å²) in [7, 11) is 0. The van der Waals surface area contributed by atoms with E-state index in [-0.39, 0.29) is 6.61 Å². The fourth-order valence-corrected chi connectivity index (χ4v) is 3.98. The molecule has 5 heteroatoms. The van der Waals surface area contributed by atoms with Crippen LogP contribution in [0.15, 0.2) is 91.4 Å². The topological polar surface area (TPSA) is 63.8 Å². The van der Waals surface area contributed by atoms with Crippen molar-refractivity contribution in [2.75, 3.05) is 6.61 Å². The summed E-state index contributed by atoms with van der Waals surface area (Å²) < 4.78 is 1.89. The number of pyridine rings is 2. The zero-order valence-corrected chi connectivity index (χ0v) is 17.0. The van der Waals surface area contributed by atoms with E-state index in [1.54, 1.807) is 0 Å². The molecule has 3 heterocycles. The second-order valence-corrected chi connectivity index (χ2v) is 7.36. The molecule has 1 N–H and O–H groups in total. The summed E-state index contributed by atoms with van der Waals surface area (Å²) >= 11 is 0. The first kappa shape index (κ1) is 19.2. The van der Waals surface area contributed by atoms with E-state index < -0.39 is 0 Å². The summed E-state index contributed by atoms with van der Waals surface area (Å²) in [6.45, 7) is 0.734. The van der Waals surface area contributed by atoms with Crippen molar-refractivity contribution < 1.29 is 5.11 Å². The highest BCUT2D eigenvalue weighted by atomic mass is 16.3. The Bertz CT molecular complexity index is 1300. The quantitative estimate of drug-likeness (QED) is 0.420. The number of aryl methyl sites for hydroxylation is 1. The number of rotatable bonds is 6. The maximum atomic E-state index is 9.33. The highest BCUT2D eigenvalue weighted by Crippen LogP contribution is 2.42. The van der Waals surface area contributed by atoms with Gasteiger partial charge in [-0.15, -0.1) is 0 Å². The number of aliphatic hydroxyl groups excluding tert-OH is 1. The summed E-state index contributed by atoms with van der Waals surface area (Å²) in [4.78, 5) is 9.33. The van der Waals surface area contributed by atoms with Crippen LogP contribution in [-0.2, 0) is 6.54 Å². The third kappa shape index (κ3) is 3.60. The van der Waals surface area contributed by atoms with Crippen LogP contribution in [0, 0.1) is 0 Å². The van der Waals surface area contributed by atoms with Crippen molar-refractivity contribution in [1.29, 1.82) is 0 Å². The van der Waals surface area contributed by atoms with Crippen LogP contribution in [-0.4, -0.2) is 31.5 Å². The van der Waals surface area contributed by atoms with E-state index in [9.17, 15) is 5.11 Å². The molecule has 0 saturated heterocycles. The van der Waals surface area contributed by atoms with E-state index in [0.717, 1.165) is 44.5 Å².